The Labute approximate surface area is 51.9 Å². The third-order valence-corrected chi connectivity index (χ3v) is 0.484. The van der Waals surface area contributed by atoms with Crippen molar-refractivity contribution in [1.82, 2.24) is 5.48 Å². The second-order valence-corrected chi connectivity index (χ2v) is 1.15. The van der Waals surface area contributed by atoms with Crippen LogP contribution in [0, 0.1) is 0 Å². The Bertz CT molecular complexity index is 95.3. The van der Waals surface area contributed by atoms with Crippen molar-refractivity contribution in [3.63, 3.8) is 0 Å². The lowest BCUT2D eigenvalue weighted by Gasteiger charge is -1.95. The molecule has 0 aromatic heterocycles. The fraction of sp³-hybridized carbons (Fsp3) is 0.333. The largest absolute Gasteiger partial charge is 0.345 e. The zero-order valence-electron chi connectivity index (χ0n) is 4.09. The normalized spacial score (nSPS) is 7.62. The molecule has 0 saturated carbocycles. The summed E-state index contributed by atoms with van der Waals surface area (Å²) in [4.78, 5) is 14.3. The Morgan fingerprint density at radius 2 is 2.62 bits per heavy atom. The van der Waals surface area contributed by atoms with Gasteiger partial charge in [-0.25, -0.2) is 10.3 Å². The summed E-state index contributed by atoms with van der Waals surface area (Å²) >= 11 is 4.26. The number of nitrogens with one attached hydrogen (secondary N) is 1. The fourth-order valence-corrected chi connectivity index (χ4v) is 0.180. The van der Waals surface area contributed by atoms with Crippen molar-refractivity contribution in [3.05, 3.63) is 0 Å². The summed E-state index contributed by atoms with van der Waals surface area (Å²) in [6.45, 7) is -0.143. The van der Waals surface area contributed by atoms with Gasteiger partial charge in [0, 0.05) is 0 Å². The summed E-state index contributed by atoms with van der Waals surface area (Å²) in [5.41, 5.74) is 7.99. The van der Waals surface area contributed by atoms with Gasteiger partial charge in [0.15, 0.2) is 0 Å². The molecule has 3 N–H and O–H groups in total. The van der Waals surface area contributed by atoms with E-state index in [-0.39, 0.29) is 6.54 Å². The van der Waals surface area contributed by atoms with Gasteiger partial charge in [-0.1, -0.05) is 12.2 Å². The van der Waals surface area contributed by atoms with Gasteiger partial charge < -0.3 is 10.6 Å². The molecule has 0 bridgehead atoms. The molecule has 0 radical (unpaired) electrons. The fourth-order valence-electron chi connectivity index (χ4n) is 0.131. The number of carbonyl (C=O) groups excluding carboxylic acids is 1. The first-order chi connectivity index (χ1) is 3.81. The average molecular weight is 134 g/mol. The highest BCUT2D eigenvalue weighted by molar-refractivity contribution is 7.78. The molecule has 0 aliphatic carbocycles. The van der Waals surface area contributed by atoms with E-state index < -0.39 is 5.97 Å². The third kappa shape index (κ3) is 3.51. The van der Waals surface area contributed by atoms with Crippen molar-refractivity contribution in [2.45, 2.75) is 0 Å². The molecule has 0 fully saturated rings. The van der Waals surface area contributed by atoms with Crippen LogP contribution in [0.25, 0.3) is 0 Å². The Hall–Kier alpha value is -0.680. The Balaban J connectivity index is 3.11. The quantitative estimate of drug-likeness (QED) is 0.381. The standard InChI is InChI=1S/C3H6N2O2S/c4-1-3(6)7-5-2-8/h2H,1,4H2,(H,5,8). The van der Waals surface area contributed by atoms with Crippen LogP contribution in [0.5, 0.6) is 0 Å². The summed E-state index contributed by atoms with van der Waals surface area (Å²) in [6.07, 6.45) is 0. The maximum absolute atomic E-state index is 10.1. The lowest BCUT2D eigenvalue weighted by atomic mass is 10.7. The van der Waals surface area contributed by atoms with Crippen LogP contribution in [0.4, 0.5) is 0 Å². The van der Waals surface area contributed by atoms with Gasteiger partial charge in [0.1, 0.15) is 0 Å². The van der Waals surface area contributed by atoms with Crippen LogP contribution in [0.1, 0.15) is 0 Å². The second kappa shape index (κ2) is 4.48. The summed E-state index contributed by atoms with van der Waals surface area (Å²) in [6, 6.07) is 0. The zero-order valence-corrected chi connectivity index (χ0v) is 4.90. The smallest absolute Gasteiger partial charge is 0.342 e. The molecule has 0 rings (SSSR count). The van der Waals surface area contributed by atoms with Crippen LogP contribution in [0.15, 0.2) is 0 Å². The first-order valence-electron chi connectivity index (χ1n) is 1.90. The minimum atomic E-state index is -0.536. The van der Waals surface area contributed by atoms with E-state index in [2.05, 4.69) is 22.5 Å². The van der Waals surface area contributed by atoms with E-state index in [1.54, 1.807) is 0 Å². The van der Waals surface area contributed by atoms with Crippen LogP contribution < -0.4 is 11.2 Å². The third-order valence-electron chi connectivity index (χ3n) is 0.388. The second-order valence-electron chi connectivity index (χ2n) is 0.914. The Kier molecular flexibility index (Phi) is 4.10. The summed E-state index contributed by atoms with van der Waals surface area (Å²) in [5.74, 6) is -0.536. The van der Waals surface area contributed by atoms with Gasteiger partial charge in [-0.3, -0.25) is 0 Å². The molecule has 0 atom stereocenters. The van der Waals surface area contributed by atoms with Gasteiger partial charge in [-0.05, 0) is 0 Å². The van der Waals surface area contributed by atoms with Crippen LogP contribution in [-0.4, -0.2) is 18.0 Å². The number of hydrogen-bond acceptors (Lipinski definition) is 4. The molecule has 0 aromatic carbocycles. The van der Waals surface area contributed by atoms with E-state index in [4.69, 9.17) is 5.73 Å². The number of hydroxylamine groups is 1. The van der Waals surface area contributed by atoms with Crippen LogP contribution in [0.2, 0.25) is 0 Å². The van der Waals surface area contributed by atoms with Crippen molar-refractivity contribution in [2.75, 3.05) is 6.54 Å². The number of thiocarbonyl (C=S) groups is 1. The van der Waals surface area contributed by atoms with Gasteiger partial charge in [0.25, 0.3) is 0 Å². The Morgan fingerprint density at radius 1 is 2.00 bits per heavy atom. The molecule has 0 aliphatic rings. The summed E-state index contributed by atoms with van der Waals surface area (Å²) in [7, 11) is 0. The first-order valence-corrected chi connectivity index (χ1v) is 2.37. The summed E-state index contributed by atoms with van der Waals surface area (Å²) < 4.78 is 0. The van der Waals surface area contributed by atoms with Crippen molar-refractivity contribution in [3.8, 4) is 0 Å². The molecule has 0 spiro atoms. The molecule has 0 saturated heterocycles. The van der Waals surface area contributed by atoms with Crippen LogP contribution in [-0.2, 0) is 9.63 Å². The van der Waals surface area contributed by atoms with E-state index >= 15 is 0 Å². The lowest BCUT2D eigenvalue weighted by Crippen LogP contribution is -2.23. The predicted molar refractivity (Wildman–Crippen MR) is 31.9 cm³/mol. The van der Waals surface area contributed by atoms with E-state index in [0.717, 1.165) is 5.49 Å². The lowest BCUT2D eigenvalue weighted by molar-refractivity contribution is -0.145. The maximum atomic E-state index is 10.1. The highest BCUT2D eigenvalue weighted by Crippen LogP contribution is 1.63. The predicted octanol–water partition coefficient (Wildman–Crippen LogP) is -1.05. The molecular weight excluding hydrogens is 128 g/mol. The number of nitrogens with two attached hydrogens (primary N) is 1. The van der Waals surface area contributed by atoms with E-state index in [9.17, 15) is 4.79 Å². The first kappa shape index (κ1) is 7.32. The Morgan fingerprint density at radius 3 is 3.00 bits per heavy atom. The van der Waals surface area contributed by atoms with Gasteiger partial charge in [0.2, 0.25) is 0 Å². The number of hydrogen-bond donors (Lipinski definition) is 2. The van der Waals surface area contributed by atoms with E-state index in [0.29, 0.717) is 0 Å². The monoisotopic (exact) mass is 134 g/mol. The maximum Gasteiger partial charge on any atom is 0.345 e. The molecule has 0 aromatic rings. The minimum absolute atomic E-state index is 0.143. The average Bonchev–Trinajstić information content (AvgIpc) is 1.83. The van der Waals surface area contributed by atoms with Gasteiger partial charge in [0.05, 0.1) is 12.0 Å². The van der Waals surface area contributed by atoms with Gasteiger partial charge >= 0.3 is 5.97 Å². The molecular formula is C3H6N2O2S. The zero-order chi connectivity index (χ0) is 6.41. The van der Waals surface area contributed by atoms with E-state index in [1.807, 2.05) is 0 Å². The van der Waals surface area contributed by atoms with Crippen molar-refractivity contribution in [2.24, 2.45) is 5.73 Å². The molecule has 0 heterocycles. The molecule has 5 heteroatoms. The topological polar surface area (TPSA) is 64.4 Å². The van der Waals surface area contributed by atoms with Crippen molar-refractivity contribution < 1.29 is 9.63 Å². The SMILES string of the molecule is NCC(=O)ONC=S. The highest BCUT2D eigenvalue weighted by Gasteiger charge is 1.93. The number of carbonyl (C=O) groups is 1. The van der Waals surface area contributed by atoms with Gasteiger partial charge in [-0.15, -0.1) is 0 Å². The number of rotatable bonds is 3. The highest BCUT2D eigenvalue weighted by atomic mass is 32.1. The molecule has 46 valence electrons. The van der Waals surface area contributed by atoms with Crippen LogP contribution in [0.3, 0.4) is 0 Å². The molecule has 0 aliphatic heterocycles. The van der Waals surface area contributed by atoms with Gasteiger partial charge in [-0.2, -0.15) is 0 Å². The molecule has 8 heavy (non-hydrogen) atoms. The molecule has 0 unspecified atom stereocenters. The molecule has 0 amide bonds. The van der Waals surface area contributed by atoms with E-state index in [1.165, 1.54) is 0 Å². The van der Waals surface area contributed by atoms with Crippen molar-refractivity contribution in [1.29, 1.82) is 0 Å². The van der Waals surface area contributed by atoms with Crippen molar-refractivity contribution >= 4 is 23.7 Å². The minimum Gasteiger partial charge on any atom is -0.342 e. The van der Waals surface area contributed by atoms with Crippen LogP contribution >= 0.6 is 12.2 Å². The molecule has 4 nitrogen and oxygen atoms in total. The summed E-state index contributed by atoms with van der Waals surface area (Å²) in [5, 5.41) is 0.